The molecule has 0 spiro atoms. The fourth-order valence-corrected chi connectivity index (χ4v) is 4.48. The molecule has 5 rings (SSSR count). The van der Waals surface area contributed by atoms with Crippen molar-refractivity contribution in [2.75, 3.05) is 44.3 Å². The molecule has 224 valence electrons. The van der Waals surface area contributed by atoms with Gasteiger partial charge in [-0.3, -0.25) is 9.59 Å². The summed E-state index contributed by atoms with van der Waals surface area (Å²) in [6, 6.07) is 16.8. The van der Waals surface area contributed by atoms with Crippen LogP contribution in [0.15, 0.2) is 67.1 Å². The predicted octanol–water partition coefficient (Wildman–Crippen LogP) is 2.77. The lowest BCUT2D eigenvalue weighted by Gasteiger charge is -2.36. The number of piperazine rings is 1. The van der Waals surface area contributed by atoms with Gasteiger partial charge in [0.05, 0.1) is 30.1 Å². The van der Waals surface area contributed by atoms with Gasteiger partial charge in [0.25, 0.3) is 5.91 Å². The van der Waals surface area contributed by atoms with Crippen LogP contribution in [0.2, 0.25) is 0 Å². The van der Waals surface area contributed by atoms with Gasteiger partial charge in [-0.1, -0.05) is 30.3 Å². The molecular formula is C29H27F3N6O5. The molecule has 3 aromatic heterocycles. The number of carbonyl (C=O) groups is 2. The van der Waals surface area contributed by atoms with Crippen LogP contribution in [0, 0.1) is 11.3 Å². The summed E-state index contributed by atoms with van der Waals surface area (Å²) in [5.74, 6) is 0.999. The summed E-state index contributed by atoms with van der Waals surface area (Å²) >= 11 is 0. The number of aromatic nitrogens is 3. The lowest BCUT2D eigenvalue weighted by Crippen LogP contribution is -2.50. The first-order valence-corrected chi connectivity index (χ1v) is 13.1. The minimum atomic E-state index is -4.64. The average molecular weight is 597 g/mol. The molecule has 4 heterocycles. The van der Waals surface area contributed by atoms with E-state index in [1.165, 1.54) is 6.20 Å². The van der Waals surface area contributed by atoms with Crippen LogP contribution in [-0.2, 0) is 9.59 Å². The molecule has 1 aliphatic heterocycles. The normalized spacial score (nSPS) is 14.0. The maximum Gasteiger partial charge on any atom is 0.446 e. The number of pyridine rings is 2. The van der Waals surface area contributed by atoms with Crippen molar-refractivity contribution in [3.05, 3.63) is 78.2 Å². The zero-order valence-electron chi connectivity index (χ0n) is 22.7. The van der Waals surface area contributed by atoms with Gasteiger partial charge in [0, 0.05) is 43.5 Å². The van der Waals surface area contributed by atoms with E-state index in [1.807, 2.05) is 24.3 Å². The Hall–Kier alpha value is -5.00. The first-order valence-electron chi connectivity index (χ1n) is 13.1. The highest BCUT2D eigenvalue weighted by molar-refractivity contribution is 5.85. The van der Waals surface area contributed by atoms with Crippen molar-refractivity contribution in [3.8, 4) is 22.9 Å². The SMILES string of the molecule is N#Cc1cnn2cc(OCCO)cc(-c3ccc(N4CCN(C(=O)[C@H](O)c5ccccc5)CC4)nc3)c12.O=CC(F)(F)F. The number of amides is 1. The molecule has 43 heavy (non-hydrogen) atoms. The molecular weight excluding hydrogens is 569 g/mol. The number of aliphatic hydroxyl groups is 2. The van der Waals surface area contributed by atoms with Gasteiger partial charge in [-0.2, -0.15) is 23.5 Å². The number of fused-ring (bicyclic) bond motifs is 1. The van der Waals surface area contributed by atoms with E-state index in [1.54, 1.807) is 46.1 Å². The number of hydrogen-bond acceptors (Lipinski definition) is 9. The third kappa shape index (κ3) is 7.64. The molecule has 1 atom stereocenters. The second-order valence-electron chi connectivity index (χ2n) is 9.31. The van der Waals surface area contributed by atoms with E-state index in [0.717, 1.165) is 16.9 Å². The zero-order valence-corrected chi connectivity index (χ0v) is 22.7. The summed E-state index contributed by atoms with van der Waals surface area (Å²) in [5, 5.41) is 33.4. The Morgan fingerprint density at radius 3 is 2.40 bits per heavy atom. The zero-order chi connectivity index (χ0) is 31.0. The van der Waals surface area contributed by atoms with Crippen LogP contribution in [-0.4, -0.2) is 87.5 Å². The standard InChI is InChI=1S/C27H26N6O4.C2HF3O/c28-15-21-17-30-33-18-22(37-13-12-34)14-23(25(21)33)20-6-7-24(29-16-20)31-8-10-32(11-9-31)27(36)26(35)19-4-2-1-3-5-19;3-2(4,5)1-6/h1-7,14,16-18,26,34-35H,8-13H2;1H/t26-;/m1./s1. The molecule has 4 aromatic rings. The molecule has 0 aliphatic carbocycles. The minimum Gasteiger partial charge on any atom is -0.490 e. The number of rotatable bonds is 7. The summed E-state index contributed by atoms with van der Waals surface area (Å²) < 4.78 is 38.4. The maximum absolute atomic E-state index is 12.8. The number of aliphatic hydroxyl groups excluding tert-OH is 2. The van der Waals surface area contributed by atoms with Gasteiger partial charge < -0.3 is 24.7 Å². The fourth-order valence-electron chi connectivity index (χ4n) is 4.48. The lowest BCUT2D eigenvalue weighted by atomic mass is 10.1. The number of carbonyl (C=O) groups excluding carboxylic acids is 2. The number of benzene rings is 1. The summed E-state index contributed by atoms with van der Waals surface area (Å²) in [6.45, 7) is 2.18. The molecule has 0 radical (unpaired) electrons. The highest BCUT2D eigenvalue weighted by atomic mass is 19.4. The Bertz CT molecular complexity index is 1580. The maximum atomic E-state index is 12.8. The third-order valence-electron chi connectivity index (χ3n) is 6.52. The number of aldehydes is 1. The second kappa shape index (κ2) is 13.8. The quantitative estimate of drug-likeness (QED) is 0.308. The molecule has 1 saturated heterocycles. The highest BCUT2D eigenvalue weighted by Gasteiger charge is 2.28. The van der Waals surface area contributed by atoms with Gasteiger partial charge in [-0.25, -0.2) is 9.50 Å². The summed E-state index contributed by atoms with van der Waals surface area (Å²) in [5.41, 5.74) is 3.21. The van der Waals surface area contributed by atoms with Crippen molar-refractivity contribution in [1.29, 1.82) is 5.26 Å². The van der Waals surface area contributed by atoms with Gasteiger partial charge in [0.15, 0.2) is 6.10 Å². The summed E-state index contributed by atoms with van der Waals surface area (Å²) in [6.07, 6.45) is -1.95. The predicted molar refractivity (Wildman–Crippen MR) is 148 cm³/mol. The van der Waals surface area contributed by atoms with Gasteiger partial charge in [-0.05, 0) is 23.8 Å². The third-order valence-corrected chi connectivity index (χ3v) is 6.52. The fraction of sp³-hybridized carbons (Fsp3) is 0.276. The van der Waals surface area contributed by atoms with Crippen LogP contribution < -0.4 is 9.64 Å². The Morgan fingerprint density at radius 2 is 1.81 bits per heavy atom. The first-order chi connectivity index (χ1) is 20.6. The monoisotopic (exact) mass is 596 g/mol. The molecule has 0 saturated carbocycles. The largest absolute Gasteiger partial charge is 0.490 e. The molecule has 14 heteroatoms. The summed E-state index contributed by atoms with van der Waals surface area (Å²) in [4.78, 5) is 29.9. The highest BCUT2D eigenvalue weighted by Crippen LogP contribution is 2.31. The molecule has 0 unspecified atom stereocenters. The smallest absolute Gasteiger partial charge is 0.446 e. The van der Waals surface area contributed by atoms with Gasteiger partial charge in [0.1, 0.15) is 24.2 Å². The number of anilines is 1. The minimum absolute atomic E-state index is 0.115. The van der Waals surface area contributed by atoms with Crippen LogP contribution in [0.1, 0.15) is 17.2 Å². The molecule has 1 amide bonds. The van der Waals surface area contributed by atoms with Crippen molar-refractivity contribution < 1.29 is 37.7 Å². The van der Waals surface area contributed by atoms with Crippen molar-refractivity contribution in [2.45, 2.75) is 12.3 Å². The van der Waals surface area contributed by atoms with Crippen LogP contribution in [0.3, 0.4) is 0 Å². The van der Waals surface area contributed by atoms with Crippen LogP contribution in [0.25, 0.3) is 16.6 Å². The van der Waals surface area contributed by atoms with E-state index >= 15 is 0 Å². The number of hydrogen-bond donors (Lipinski definition) is 2. The van der Waals surface area contributed by atoms with E-state index in [0.29, 0.717) is 48.6 Å². The van der Waals surface area contributed by atoms with Gasteiger partial charge in [0.2, 0.25) is 6.29 Å². The van der Waals surface area contributed by atoms with E-state index in [-0.39, 0.29) is 19.1 Å². The van der Waals surface area contributed by atoms with Crippen molar-refractivity contribution >= 4 is 23.5 Å². The second-order valence-corrected chi connectivity index (χ2v) is 9.31. The number of alkyl halides is 3. The Labute approximate surface area is 244 Å². The Morgan fingerprint density at radius 1 is 1.12 bits per heavy atom. The average Bonchev–Trinajstić information content (AvgIpc) is 3.46. The van der Waals surface area contributed by atoms with Crippen LogP contribution >= 0.6 is 0 Å². The number of halogens is 3. The Kier molecular flexibility index (Phi) is 9.91. The molecule has 1 aliphatic rings. The van der Waals surface area contributed by atoms with E-state index in [4.69, 9.17) is 14.6 Å². The van der Waals surface area contributed by atoms with E-state index in [2.05, 4.69) is 21.1 Å². The molecule has 1 aromatic carbocycles. The van der Waals surface area contributed by atoms with Gasteiger partial charge >= 0.3 is 6.18 Å². The summed E-state index contributed by atoms with van der Waals surface area (Å²) in [7, 11) is 0. The van der Waals surface area contributed by atoms with E-state index < -0.39 is 18.6 Å². The lowest BCUT2D eigenvalue weighted by molar-refractivity contribution is -0.156. The van der Waals surface area contributed by atoms with Crippen molar-refractivity contribution in [1.82, 2.24) is 19.5 Å². The first kappa shape index (κ1) is 30.9. The van der Waals surface area contributed by atoms with Gasteiger partial charge in [-0.15, -0.1) is 0 Å². The number of ether oxygens (including phenoxy) is 1. The molecule has 2 N–H and O–H groups in total. The topological polar surface area (TPSA) is 144 Å². The number of nitrogens with zero attached hydrogens (tertiary/aromatic N) is 6. The van der Waals surface area contributed by atoms with Crippen LogP contribution in [0.4, 0.5) is 19.0 Å². The van der Waals surface area contributed by atoms with Crippen LogP contribution in [0.5, 0.6) is 5.75 Å². The Balaban J connectivity index is 0.000000641. The van der Waals surface area contributed by atoms with Crippen molar-refractivity contribution in [3.63, 3.8) is 0 Å². The molecule has 1 fully saturated rings. The van der Waals surface area contributed by atoms with Crippen molar-refractivity contribution in [2.24, 2.45) is 0 Å². The van der Waals surface area contributed by atoms with E-state index in [9.17, 15) is 28.3 Å². The molecule has 11 nitrogen and oxygen atoms in total. The number of nitriles is 1. The molecule has 0 bridgehead atoms.